The summed E-state index contributed by atoms with van der Waals surface area (Å²) in [6, 6.07) is 1.31. The number of likely N-dealkylation sites (tertiary alicyclic amines) is 1. The predicted molar refractivity (Wildman–Crippen MR) is 79.1 cm³/mol. The average Bonchev–Trinajstić information content (AvgIpc) is 2.42. The van der Waals surface area contributed by atoms with E-state index in [0.717, 1.165) is 31.0 Å². The van der Waals surface area contributed by atoms with Crippen LogP contribution in [0.3, 0.4) is 0 Å². The SMILES string of the molecule is CCCNc1cnc(CN2[C@H](C)CCC[C@@H]2C)cn1. The molecule has 0 saturated carbocycles. The van der Waals surface area contributed by atoms with E-state index in [0.29, 0.717) is 12.1 Å². The van der Waals surface area contributed by atoms with E-state index in [-0.39, 0.29) is 0 Å². The first kappa shape index (κ1) is 14.3. The minimum Gasteiger partial charge on any atom is -0.369 e. The molecule has 106 valence electrons. The maximum Gasteiger partial charge on any atom is 0.144 e. The molecule has 2 atom stereocenters. The van der Waals surface area contributed by atoms with Crippen LogP contribution in [0.25, 0.3) is 0 Å². The zero-order valence-electron chi connectivity index (χ0n) is 12.4. The molecule has 1 aromatic heterocycles. The number of rotatable bonds is 5. The van der Waals surface area contributed by atoms with Crippen molar-refractivity contribution in [3.8, 4) is 0 Å². The number of hydrogen-bond acceptors (Lipinski definition) is 4. The maximum atomic E-state index is 4.53. The predicted octanol–water partition coefficient (Wildman–Crippen LogP) is 3.06. The van der Waals surface area contributed by atoms with Crippen LogP contribution in [0.4, 0.5) is 5.82 Å². The molecule has 19 heavy (non-hydrogen) atoms. The van der Waals surface area contributed by atoms with Gasteiger partial charge in [0, 0.05) is 25.2 Å². The zero-order valence-corrected chi connectivity index (χ0v) is 12.4. The molecule has 0 spiro atoms. The fourth-order valence-corrected chi connectivity index (χ4v) is 2.75. The van der Waals surface area contributed by atoms with Gasteiger partial charge >= 0.3 is 0 Å². The third kappa shape index (κ3) is 3.90. The first-order valence-corrected chi connectivity index (χ1v) is 7.51. The summed E-state index contributed by atoms with van der Waals surface area (Å²) >= 11 is 0. The maximum absolute atomic E-state index is 4.53. The van der Waals surface area contributed by atoms with Crippen LogP contribution in [0.5, 0.6) is 0 Å². The van der Waals surface area contributed by atoms with Crippen molar-refractivity contribution in [3.05, 3.63) is 18.1 Å². The average molecular weight is 262 g/mol. The van der Waals surface area contributed by atoms with Gasteiger partial charge in [-0.3, -0.25) is 9.88 Å². The second-order valence-electron chi connectivity index (χ2n) is 5.62. The van der Waals surface area contributed by atoms with Gasteiger partial charge < -0.3 is 5.32 Å². The lowest BCUT2D eigenvalue weighted by molar-refractivity contribution is 0.0937. The summed E-state index contributed by atoms with van der Waals surface area (Å²) in [5, 5.41) is 3.26. The van der Waals surface area contributed by atoms with Gasteiger partial charge in [-0.2, -0.15) is 0 Å². The molecule has 1 fully saturated rings. The van der Waals surface area contributed by atoms with Gasteiger partial charge in [-0.25, -0.2) is 4.98 Å². The molecule has 1 aliphatic heterocycles. The Morgan fingerprint density at radius 3 is 2.53 bits per heavy atom. The first-order chi connectivity index (χ1) is 9.20. The van der Waals surface area contributed by atoms with Crippen LogP contribution in [0.1, 0.15) is 52.1 Å². The number of aromatic nitrogens is 2. The Bertz CT molecular complexity index is 366. The number of piperidine rings is 1. The number of anilines is 1. The standard InChI is InChI=1S/C15H26N4/c1-4-8-16-15-10-17-14(9-18-15)11-19-12(2)6-5-7-13(19)3/h9-10,12-13H,4-8,11H2,1-3H3,(H,16,18)/t12-,13+. The van der Waals surface area contributed by atoms with E-state index in [2.05, 4.69) is 41.0 Å². The fraction of sp³-hybridized carbons (Fsp3) is 0.733. The summed E-state index contributed by atoms with van der Waals surface area (Å²) in [7, 11) is 0. The Hall–Kier alpha value is -1.16. The van der Waals surface area contributed by atoms with E-state index >= 15 is 0 Å². The number of nitrogens with zero attached hydrogens (tertiary/aromatic N) is 3. The molecule has 1 aromatic rings. The van der Waals surface area contributed by atoms with Crippen molar-refractivity contribution in [1.29, 1.82) is 0 Å². The summed E-state index contributed by atoms with van der Waals surface area (Å²) in [6.07, 6.45) is 8.81. The van der Waals surface area contributed by atoms with E-state index in [4.69, 9.17) is 0 Å². The summed E-state index contributed by atoms with van der Waals surface area (Å²) < 4.78 is 0. The minimum atomic E-state index is 0.656. The highest BCUT2D eigenvalue weighted by Crippen LogP contribution is 2.23. The third-order valence-electron chi connectivity index (χ3n) is 3.98. The van der Waals surface area contributed by atoms with Gasteiger partial charge in [0.2, 0.25) is 0 Å². The third-order valence-corrected chi connectivity index (χ3v) is 3.98. The summed E-state index contributed by atoms with van der Waals surface area (Å²) in [6.45, 7) is 8.66. The number of hydrogen-bond donors (Lipinski definition) is 1. The van der Waals surface area contributed by atoms with E-state index in [1.165, 1.54) is 19.3 Å². The molecule has 4 heteroatoms. The van der Waals surface area contributed by atoms with E-state index in [1.807, 2.05) is 12.4 Å². The van der Waals surface area contributed by atoms with Crippen molar-refractivity contribution in [2.45, 2.75) is 65.1 Å². The van der Waals surface area contributed by atoms with E-state index < -0.39 is 0 Å². The van der Waals surface area contributed by atoms with Crippen molar-refractivity contribution >= 4 is 5.82 Å². The fourth-order valence-electron chi connectivity index (χ4n) is 2.75. The highest BCUT2D eigenvalue weighted by Gasteiger charge is 2.24. The highest BCUT2D eigenvalue weighted by atomic mass is 15.2. The molecule has 1 saturated heterocycles. The zero-order chi connectivity index (χ0) is 13.7. The Balaban J connectivity index is 1.94. The van der Waals surface area contributed by atoms with Gasteiger partial charge in [-0.15, -0.1) is 0 Å². The Labute approximate surface area is 116 Å². The van der Waals surface area contributed by atoms with E-state index in [1.54, 1.807) is 0 Å². The smallest absolute Gasteiger partial charge is 0.144 e. The lowest BCUT2D eigenvalue weighted by atomic mass is 9.97. The van der Waals surface area contributed by atoms with Gasteiger partial charge in [0.15, 0.2) is 0 Å². The second-order valence-corrected chi connectivity index (χ2v) is 5.62. The van der Waals surface area contributed by atoms with Crippen LogP contribution < -0.4 is 5.32 Å². The van der Waals surface area contributed by atoms with Crippen molar-refractivity contribution in [3.63, 3.8) is 0 Å². The molecule has 1 N–H and O–H groups in total. The van der Waals surface area contributed by atoms with Crippen molar-refractivity contribution in [2.24, 2.45) is 0 Å². The Morgan fingerprint density at radius 2 is 1.95 bits per heavy atom. The number of nitrogens with one attached hydrogen (secondary N) is 1. The van der Waals surface area contributed by atoms with Gasteiger partial charge in [-0.05, 0) is 33.1 Å². The van der Waals surface area contributed by atoms with Crippen LogP contribution in [-0.2, 0) is 6.54 Å². The molecule has 4 nitrogen and oxygen atoms in total. The lowest BCUT2D eigenvalue weighted by Crippen LogP contribution is -2.43. The molecule has 2 rings (SSSR count). The lowest BCUT2D eigenvalue weighted by Gasteiger charge is -2.38. The molecule has 1 aliphatic rings. The molecule has 0 bridgehead atoms. The first-order valence-electron chi connectivity index (χ1n) is 7.51. The second kappa shape index (κ2) is 6.85. The molecule has 0 amide bonds. The molecular formula is C15H26N4. The summed E-state index contributed by atoms with van der Waals surface area (Å²) in [4.78, 5) is 11.5. The quantitative estimate of drug-likeness (QED) is 0.885. The molecule has 2 heterocycles. The summed E-state index contributed by atoms with van der Waals surface area (Å²) in [5.74, 6) is 0.880. The van der Waals surface area contributed by atoms with Gasteiger partial charge in [0.25, 0.3) is 0 Å². The summed E-state index contributed by atoms with van der Waals surface area (Å²) in [5.41, 5.74) is 1.07. The van der Waals surface area contributed by atoms with Crippen LogP contribution in [0.15, 0.2) is 12.4 Å². The Kier molecular flexibility index (Phi) is 5.14. The Morgan fingerprint density at radius 1 is 1.21 bits per heavy atom. The van der Waals surface area contributed by atoms with Crippen LogP contribution in [0.2, 0.25) is 0 Å². The van der Waals surface area contributed by atoms with Crippen molar-refractivity contribution in [2.75, 3.05) is 11.9 Å². The molecular weight excluding hydrogens is 236 g/mol. The van der Waals surface area contributed by atoms with Crippen LogP contribution in [-0.4, -0.2) is 33.5 Å². The van der Waals surface area contributed by atoms with Gasteiger partial charge in [0.05, 0.1) is 18.1 Å². The monoisotopic (exact) mass is 262 g/mol. The van der Waals surface area contributed by atoms with Crippen molar-refractivity contribution in [1.82, 2.24) is 14.9 Å². The normalized spacial score (nSPS) is 24.4. The molecule has 0 aliphatic carbocycles. The highest BCUT2D eigenvalue weighted by molar-refractivity contribution is 5.30. The topological polar surface area (TPSA) is 41.1 Å². The molecule has 0 radical (unpaired) electrons. The van der Waals surface area contributed by atoms with Gasteiger partial charge in [0.1, 0.15) is 5.82 Å². The van der Waals surface area contributed by atoms with Gasteiger partial charge in [-0.1, -0.05) is 13.3 Å². The van der Waals surface area contributed by atoms with E-state index in [9.17, 15) is 0 Å². The van der Waals surface area contributed by atoms with Crippen LogP contribution >= 0.6 is 0 Å². The minimum absolute atomic E-state index is 0.656. The van der Waals surface area contributed by atoms with Crippen LogP contribution in [0, 0.1) is 0 Å². The largest absolute Gasteiger partial charge is 0.369 e. The molecule has 0 unspecified atom stereocenters. The van der Waals surface area contributed by atoms with Crippen molar-refractivity contribution < 1.29 is 0 Å². The molecule has 0 aromatic carbocycles.